The molecule has 4 heteroatoms. The van der Waals surface area contributed by atoms with Gasteiger partial charge in [0.2, 0.25) is 5.82 Å². The van der Waals surface area contributed by atoms with E-state index < -0.39 is 12.5 Å². The van der Waals surface area contributed by atoms with Crippen molar-refractivity contribution in [3.05, 3.63) is 47.5 Å². The molecule has 96 valence electrons. The van der Waals surface area contributed by atoms with Gasteiger partial charge in [0.05, 0.1) is 6.61 Å². The molecule has 0 fully saturated rings. The number of fused-ring (bicyclic) bond motifs is 1. The third-order valence-electron chi connectivity index (χ3n) is 2.78. The molecule has 0 saturated carbocycles. The zero-order valence-electron chi connectivity index (χ0n) is 10.1. The van der Waals surface area contributed by atoms with Crippen LogP contribution in [0.25, 0.3) is 0 Å². The van der Waals surface area contributed by atoms with Gasteiger partial charge in [-0.1, -0.05) is 18.7 Å². The van der Waals surface area contributed by atoms with Gasteiger partial charge in [0, 0.05) is 12.0 Å². The molecule has 0 unspecified atom stereocenters. The second-order valence-corrected chi connectivity index (χ2v) is 3.86. The van der Waals surface area contributed by atoms with Crippen LogP contribution in [0.4, 0.5) is 8.78 Å². The highest BCUT2D eigenvalue weighted by atomic mass is 19.1. The Labute approximate surface area is 105 Å². The fourth-order valence-electron chi connectivity index (χ4n) is 1.89. The molecule has 0 aromatic heterocycles. The molecule has 18 heavy (non-hydrogen) atoms. The second kappa shape index (κ2) is 5.21. The number of halogens is 2. The zero-order chi connectivity index (χ0) is 13.1. The Morgan fingerprint density at radius 2 is 2.28 bits per heavy atom. The molecule has 1 aromatic carbocycles. The molecule has 1 aromatic rings. The maximum absolute atomic E-state index is 14.1. The number of alkyl halides is 1. The van der Waals surface area contributed by atoms with Gasteiger partial charge in [-0.2, -0.15) is 4.39 Å². The van der Waals surface area contributed by atoms with E-state index in [1.54, 1.807) is 19.1 Å². The van der Waals surface area contributed by atoms with E-state index in [1.807, 2.05) is 0 Å². The molecule has 1 aliphatic heterocycles. The molecule has 0 spiro atoms. The van der Waals surface area contributed by atoms with E-state index in [9.17, 15) is 8.78 Å². The fraction of sp³-hybridized carbons (Fsp3) is 0.286. The molecule has 0 radical (unpaired) electrons. The Kier molecular flexibility index (Phi) is 3.65. The summed E-state index contributed by atoms with van der Waals surface area (Å²) in [6.07, 6.45) is 1.95. The van der Waals surface area contributed by atoms with Crippen LogP contribution in [0.5, 0.6) is 11.5 Å². The SMILES string of the molecule is C=CC1=C(CF)Oc2c(ccc(OCC)c2F)C1. The van der Waals surface area contributed by atoms with Crippen LogP contribution >= 0.6 is 0 Å². The molecule has 0 amide bonds. The van der Waals surface area contributed by atoms with E-state index >= 15 is 0 Å². The smallest absolute Gasteiger partial charge is 0.207 e. The molecule has 0 atom stereocenters. The van der Waals surface area contributed by atoms with Gasteiger partial charge in [0.25, 0.3) is 0 Å². The summed E-state index contributed by atoms with van der Waals surface area (Å²) in [6.45, 7) is 4.95. The van der Waals surface area contributed by atoms with Crippen molar-refractivity contribution in [1.82, 2.24) is 0 Å². The minimum absolute atomic E-state index is 0.0548. The van der Waals surface area contributed by atoms with E-state index in [0.717, 1.165) is 0 Å². The number of hydrogen-bond acceptors (Lipinski definition) is 2. The molecular weight excluding hydrogens is 238 g/mol. The van der Waals surface area contributed by atoms with Crippen LogP contribution in [0.2, 0.25) is 0 Å². The zero-order valence-corrected chi connectivity index (χ0v) is 10.1. The van der Waals surface area contributed by atoms with E-state index in [4.69, 9.17) is 9.47 Å². The second-order valence-electron chi connectivity index (χ2n) is 3.86. The van der Waals surface area contributed by atoms with Gasteiger partial charge < -0.3 is 9.47 Å². The van der Waals surface area contributed by atoms with Crippen molar-refractivity contribution in [2.45, 2.75) is 13.3 Å². The van der Waals surface area contributed by atoms with Crippen molar-refractivity contribution in [3.63, 3.8) is 0 Å². The summed E-state index contributed by atoms with van der Waals surface area (Å²) in [6, 6.07) is 3.28. The molecule has 1 heterocycles. The van der Waals surface area contributed by atoms with Crippen molar-refractivity contribution >= 4 is 0 Å². The Morgan fingerprint density at radius 1 is 1.50 bits per heavy atom. The van der Waals surface area contributed by atoms with Gasteiger partial charge in [-0.25, -0.2) is 4.39 Å². The average molecular weight is 252 g/mol. The van der Waals surface area contributed by atoms with Gasteiger partial charge in [-0.15, -0.1) is 0 Å². The molecule has 0 aliphatic carbocycles. The quantitative estimate of drug-likeness (QED) is 0.815. The van der Waals surface area contributed by atoms with Crippen LogP contribution in [-0.2, 0) is 6.42 Å². The van der Waals surface area contributed by atoms with Gasteiger partial charge in [0.1, 0.15) is 12.4 Å². The van der Waals surface area contributed by atoms with Crippen molar-refractivity contribution in [3.8, 4) is 11.5 Å². The molecule has 1 aliphatic rings. The summed E-state index contributed by atoms with van der Waals surface area (Å²) in [7, 11) is 0. The van der Waals surface area contributed by atoms with Crippen LogP contribution in [0, 0.1) is 5.82 Å². The summed E-state index contributed by atoms with van der Waals surface area (Å²) in [5.74, 6) is -0.288. The third kappa shape index (κ3) is 2.10. The highest BCUT2D eigenvalue weighted by Crippen LogP contribution is 2.37. The highest BCUT2D eigenvalue weighted by Gasteiger charge is 2.23. The standard InChI is InChI=1S/C14H14F2O2/c1-3-9-7-10-5-6-11(17-4-2)13(16)14(10)18-12(9)8-15/h3,5-6H,1,4,7-8H2,2H3. The van der Waals surface area contributed by atoms with E-state index in [0.29, 0.717) is 24.2 Å². The van der Waals surface area contributed by atoms with Crippen LogP contribution in [0.1, 0.15) is 12.5 Å². The van der Waals surface area contributed by atoms with E-state index in [1.165, 1.54) is 6.08 Å². The van der Waals surface area contributed by atoms with Crippen molar-refractivity contribution < 1.29 is 18.3 Å². The number of ether oxygens (including phenoxy) is 2. The molecule has 0 saturated heterocycles. The van der Waals surface area contributed by atoms with Crippen molar-refractivity contribution in [2.75, 3.05) is 13.3 Å². The molecule has 0 N–H and O–H groups in total. The lowest BCUT2D eigenvalue weighted by Gasteiger charge is -2.22. The first kappa shape index (κ1) is 12.6. The van der Waals surface area contributed by atoms with Crippen molar-refractivity contribution in [1.29, 1.82) is 0 Å². The Hall–Kier alpha value is -1.84. The van der Waals surface area contributed by atoms with Crippen LogP contribution in [0.15, 0.2) is 36.1 Å². The van der Waals surface area contributed by atoms with Crippen molar-refractivity contribution in [2.24, 2.45) is 0 Å². The minimum Gasteiger partial charge on any atom is -0.491 e. The lowest BCUT2D eigenvalue weighted by Crippen LogP contribution is -2.13. The van der Waals surface area contributed by atoms with Gasteiger partial charge in [-0.05, 0) is 18.6 Å². The van der Waals surface area contributed by atoms with Gasteiger partial charge in [0.15, 0.2) is 11.5 Å². The van der Waals surface area contributed by atoms with Crippen LogP contribution < -0.4 is 9.47 Å². The van der Waals surface area contributed by atoms with E-state index in [2.05, 4.69) is 6.58 Å². The molecule has 2 rings (SSSR count). The van der Waals surface area contributed by atoms with Gasteiger partial charge in [-0.3, -0.25) is 0 Å². The van der Waals surface area contributed by atoms with Crippen LogP contribution in [0.3, 0.4) is 0 Å². The summed E-state index contributed by atoms with van der Waals surface area (Å²) in [5.41, 5.74) is 1.32. The Morgan fingerprint density at radius 3 is 2.89 bits per heavy atom. The lowest BCUT2D eigenvalue weighted by atomic mass is 10.00. The summed E-state index contributed by atoms with van der Waals surface area (Å²) in [4.78, 5) is 0. The maximum atomic E-state index is 14.1. The molecule has 2 nitrogen and oxygen atoms in total. The largest absolute Gasteiger partial charge is 0.491 e. The number of benzene rings is 1. The number of hydrogen-bond donors (Lipinski definition) is 0. The predicted octanol–water partition coefficient (Wildman–Crippen LogP) is 3.57. The monoisotopic (exact) mass is 252 g/mol. The fourth-order valence-corrected chi connectivity index (χ4v) is 1.89. The first-order valence-electron chi connectivity index (χ1n) is 5.73. The first-order chi connectivity index (χ1) is 8.71. The van der Waals surface area contributed by atoms with E-state index in [-0.39, 0.29) is 17.3 Å². The summed E-state index contributed by atoms with van der Waals surface area (Å²) >= 11 is 0. The first-order valence-corrected chi connectivity index (χ1v) is 5.73. The number of allylic oxidation sites excluding steroid dienone is 3. The highest BCUT2D eigenvalue weighted by molar-refractivity contribution is 5.49. The number of rotatable bonds is 4. The predicted molar refractivity (Wildman–Crippen MR) is 65.1 cm³/mol. The minimum atomic E-state index is -0.779. The molecule has 0 bridgehead atoms. The topological polar surface area (TPSA) is 18.5 Å². The summed E-state index contributed by atoms with van der Waals surface area (Å²) < 4.78 is 37.3. The van der Waals surface area contributed by atoms with Crippen LogP contribution in [-0.4, -0.2) is 13.3 Å². The third-order valence-corrected chi connectivity index (χ3v) is 2.78. The Bertz CT molecular complexity index is 507. The van der Waals surface area contributed by atoms with Gasteiger partial charge >= 0.3 is 0 Å². The average Bonchev–Trinajstić information content (AvgIpc) is 2.41. The normalized spacial score (nSPS) is 13.9. The maximum Gasteiger partial charge on any atom is 0.207 e. The lowest BCUT2D eigenvalue weighted by molar-refractivity contribution is 0.296. The molecular formula is C14H14F2O2. The summed E-state index contributed by atoms with van der Waals surface area (Å²) in [5, 5.41) is 0. The Balaban J connectivity index is 2.42.